The zero-order valence-electron chi connectivity index (χ0n) is 13.0. The van der Waals surface area contributed by atoms with Gasteiger partial charge in [0.25, 0.3) is 5.91 Å². The molecule has 1 aromatic rings. The summed E-state index contributed by atoms with van der Waals surface area (Å²) < 4.78 is 0. The van der Waals surface area contributed by atoms with Crippen LogP contribution in [0.4, 0.5) is 5.69 Å². The van der Waals surface area contributed by atoms with Crippen LogP contribution in [-0.4, -0.2) is 29.4 Å². The molecule has 5 heteroatoms. The Labute approximate surface area is 136 Å². The number of hydrogen-bond donors (Lipinski definition) is 2. The highest BCUT2D eigenvalue weighted by molar-refractivity contribution is 8.00. The van der Waals surface area contributed by atoms with Crippen molar-refractivity contribution in [1.29, 1.82) is 0 Å². The van der Waals surface area contributed by atoms with E-state index in [9.17, 15) is 9.59 Å². The van der Waals surface area contributed by atoms with Crippen LogP contribution in [0.5, 0.6) is 0 Å². The SMILES string of the molecule is C#CCNC(=O)c1ccccc1NC(=O)C(C)SCCCC. The highest BCUT2D eigenvalue weighted by atomic mass is 32.2. The number of hydrogen-bond acceptors (Lipinski definition) is 3. The second-order valence-electron chi connectivity index (χ2n) is 4.79. The van der Waals surface area contributed by atoms with E-state index in [1.54, 1.807) is 36.0 Å². The Balaban J connectivity index is 2.70. The molecule has 0 heterocycles. The molecule has 1 unspecified atom stereocenters. The Morgan fingerprint density at radius 2 is 2.09 bits per heavy atom. The minimum atomic E-state index is -0.292. The first kappa shape index (κ1) is 18.1. The van der Waals surface area contributed by atoms with Gasteiger partial charge in [0.15, 0.2) is 0 Å². The molecule has 2 N–H and O–H groups in total. The van der Waals surface area contributed by atoms with Gasteiger partial charge >= 0.3 is 0 Å². The van der Waals surface area contributed by atoms with E-state index in [4.69, 9.17) is 6.42 Å². The molecule has 0 spiro atoms. The van der Waals surface area contributed by atoms with Crippen molar-refractivity contribution < 1.29 is 9.59 Å². The lowest BCUT2D eigenvalue weighted by molar-refractivity contribution is -0.115. The van der Waals surface area contributed by atoms with Gasteiger partial charge in [-0.1, -0.05) is 31.4 Å². The van der Waals surface area contributed by atoms with Crippen molar-refractivity contribution in [3.63, 3.8) is 0 Å². The maximum Gasteiger partial charge on any atom is 0.254 e. The molecule has 0 radical (unpaired) electrons. The third-order valence-electron chi connectivity index (χ3n) is 3.02. The smallest absolute Gasteiger partial charge is 0.254 e. The van der Waals surface area contributed by atoms with Gasteiger partial charge < -0.3 is 10.6 Å². The van der Waals surface area contributed by atoms with E-state index >= 15 is 0 Å². The predicted molar refractivity (Wildman–Crippen MR) is 93.1 cm³/mol. The molecule has 0 aliphatic carbocycles. The summed E-state index contributed by atoms with van der Waals surface area (Å²) in [6.07, 6.45) is 7.34. The highest BCUT2D eigenvalue weighted by Gasteiger charge is 2.16. The fourth-order valence-electron chi connectivity index (χ4n) is 1.73. The van der Waals surface area contributed by atoms with E-state index in [2.05, 4.69) is 23.5 Å². The molecule has 0 bridgehead atoms. The summed E-state index contributed by atoms with van der Waals surface area (Å²) in [5.41, 5.74) is 0.918. The lowest BCUT2D eigenvalue weighted by atomic mass is 10.1. The topological polar surface area (TPSA) is 58.2 Å². The van der Waals surface area contributed by atoms with Crippen molar-refractivity contribution in [2.24, 2.45) is 0 Å². The van der Waals surface area contributed by atoms with Gasteiger partial charge in [-0.15, -0.1) is 18.2 Å². The maximum atomic E-state index is 12.2. The molecule has 1 rings (SSSR count). The zero-order valence-corrected chi connectivity index (χ0v) is 13.8. The molecule has 0 aliphatic heterocycles. The number of carbonyl (C=O) groups is 2. The summed E-state index contributed by atoms with van der Waals surface area (Å²) in [6.45, 7) is 4.15. The number of unbranched alkanes of at least 4 members (excludes halogenated alkanes) is 1. The molecule has 118 valence electrons. The van der Waals surface area contributed by atoms with Gasteiger partial charge in [0.2, 0.25) is 5.91 Å². The molecule has 0 saturated carbocycles. The van der Waals surface area contributed by atoms with Crippen LogP contribution in [-0.2, 0) is 4.79 Å². The Morgan fingerprint density at radius 1 is 1.36 bits per heavy atom. The number of anilines is 1. The summed E-state index contributed by atoms with van der Waals surface area (Å²) >= 11 is 1.62. The van der Waals surface area contributed by atoms with Crippen molar-refractivity contribution in [3.05, 3.63) is 29.8 Å². The number of rotatable bonds is 8. The lowest BCUT2D eigenvalue weighted by Gasteiger charge is -2.14. The number of carbonyl (C=O) groups excluding carboxylic acids is 2. The summed E-state index contributed by atoms with van der Waals surface area (Å²) in [5, 5.41) is 5.27. The molecular formula is C17H22N2O2S. The van der Waals surface area contributed by atoms with E-state index in [-0.39, 0.29) is 23.6 Å². The second-order valence-corrected chi connectivity index (χ2v) is 6.24. The van der Waals surface area contributed by atoms with Gasteiger partial charge in [-0.3, -0.25) is 9.59 Å². The number of nitrogens with one attached hydrogen (secondary N) is 2. The van der Waals surface area contributed by atoms with Gasteiger partial charge in [-0.2, -0.15) is 0 Å². The summed E-state index contributed by atoms with van der Waals surface area (Å²) in [5.74, 6) is 2.92. The van der Waals surface area contributed by atoms with E-state index < -0.39 is 0 Å². The Morgan fingerprint density at radius 3 is 2.77 bits per heavy atom. The van der Waals surface area contributed by atoms with E-state index in [0.717, 1.165) is 18.6 Å². The molecule has 0 saturated heterocycles. The van der Waals surface area contributed by atoms with Crippen LogP contribution in [0, 0.1) is 12.3 Å². The molecule has 1 atom stereocenters. The fourth-order valence-corrected chi connectivity index (χ4v) is 2.75. The summed E-state index contributed by atoms with van der Waals surface area (Å²) in [4.78, 5) is 24.2. The third kappa shape index (κ3) is 5.82. The van der Waals surface area contributed by atoms with Crippen molar-refractivity contribution in [1.82, 2.24) is 5.32 Å². The molecule has 22 heavy (non-hydrogen) atoms. The normalized spacial score (nSPS) is 11.3. The first-order chi connectivity index (χ1) is 10.6. The van der Waals surface area contributed by atoms with Crippen LogP contribution in [0.1, 0.15) is 37.0 Å². The van der Waals surface area contributed by atoms with Gasteiger partial charge in [-0.05, 0) is 31.2 Å². The molecular weight excluding hydrogens is 296 g/mol. The molecule has 2 amide bonds. The lowest BCUT2D eigenvalue weighted by Crippen LogP contribution is -2.27. The molecule has 1 aromatic carbocycles. The number of terminal acetylenes is 1. The summed E-state index contributed by atoms with van der Waals surface area (Å²) in [6, 6.07) is 6.91. The first-order valence-corrected chi connectivity index (χ1v) is 8.38. The quantitative estimate of drug-likeness (QED) is 0.572. The predicted octanol–water partition coefficient (Wildman–Crippen LogP) is 2.91. The second kappa shape index (κ2) is 9.91. The number of para-hydroxylation sites is 1. The minimum Gasteiger partial charge on any atom is -0.341 e. The first-order valence-electron chi connectivity index (χ1n) is 7.33. The van der Waals surface area contributed by atoms with Crippen molar-refractivity contribution in [3.8, 4) is 12.3 Å². The zero-order chi connectivity index (χ0) is 16.4. The monoisotopic (exact) mass is 318 g/mol. The van der Waals surface area contributed by atoms with Crippen LogP contribution in [0.3, 0.4) is 0 Å². The fraction of sp³-hybridized carbons (Fsp3) is 0.412. The summed E-state index contributed by atoms with van der Waals surface area (Å²) in [7, 11) is 0. The average Bonchev–Trinajstić information content (AvgIpc) is 2.53. The Hall–Kier alpha value is -1.93. The van der Waals surface area contributed by atoms with Crippen molar-refractivity contribution >= 4 is 29.3 Å². The van der Waals surface area contributed by atoms with Gasteiger partial charge in [0, 0.05) is 0 Å². The maximum absolute atomic E-state index is 12.2. The van der Waals surface area contributed by atoms with Crippen LogP contribution >= 0.6 is 11.8 Å². The number of amides is 2. The van der Waals surface area contributed by atoms with Crippen LogP contribution in [0.25, 0.3) is 0 Å². The standard InChI is InChI=1S/C17H22N2O2S/c1-4-6-12-22-13(3)16(20)19-15-10-8-7-9-14(15)17(21)18-11-5-2/h2,7-10,13H,4,6,11-12H2,1,3H3,(H,18,21)(H,19,20). The van der Waals surface area contributed by atoms with E-state index in [1.807, 2.05) is 6.92 Å². The molecule has 0 fully saturated rings. The molecule has 4 nitrogen and oxygen atoms in total. The van der Waals surface area contributed by atoms with Gasteiger partial charge in [-0.25, -0.2) is 0 Å². The third-order valence-corrected chi connectivity index (χ3v) is 4.25. The van der Waals surface area contributed by atoms with Gasteiger partial charge in [0.05, 0.1) is 23.0 Å². The van der Waals surface area contributed by atoms with E-state index in [0.29, 0.717) is 11.3 Å². The Bertz CT molecular complexity index is 552. The minimum absolute atomic E-state index is 0.0988. The average molecular weight is 318 g/mol. The number of benzene rings is 1. The largest absolute Gasteiger partial charge is 0.341 e. The van der Waals surface area contributed by atoms with Crippen LogP contribution in [0.2, 0.25) is 0 Å². The highest BCUT2D eigenvalue weighted by Crippen LogP contribution is 2.18. The van der Waals surface area contributed by atoms with Crippen molar-refractivity contribution in [2.45, 2.75) is 31.9 Å². The Kier molecular flexibility index (Phi) is 8.16. The van der Waals surface area contributed by atoms with E-state index in [1.165, 1.54) is 0 Å². The van der Waals surface area contributed by atoms with Crippen molar-refractivity contribution in [2.75, 3.05) is 17.6 Å². The molecule has 0 aliphatic rings. The number of thioether (sulfide) groups is 1. The molecule has 0 aromatic heterocycles. The van der Waals surface area contributed by atoms with Gasteiger partial charge in [0.1, 0.15) is 0 Å². The van der Waals surface area contributed by atoms with Crippen LogP contribution < -0.4 is 10.6 Å². The van der Waals surface area contributed by atoms with Crippen LogP contribution in [0.15, 0.2) is 24.3 Å².